The summed E-state index contributed by atoms with van der Waals surface area (Å²) in [5.74, 6) is 0.330. The van der Waals surface area contributed by atoms with Crippen LogP contribution in [0.15, 0.2) is 53.4 Å². The summed E-state index contributed by atoms with van der Waals surface area (Å²) in [5, 5.41) is 2.89. The highest BCUT2D eigenvalue weighted by molar-refractivity contribution is 8.00. The number of methoxy groups -OCH3 is 1. The molecule has 1 saturated heterocycles. The van der Waals surface area contributed by atoms with Gasteiger partial charge in [-0.15, -0.1) is 0 Å². The van der Waals surface area contributed by atoms with Crippen molar-refractivity contribution in [2.75, 3.05) is 25.1 Å². The number of amides is 1. The molecule has 0 unspecified atom stereocenters. The van der Waals surface area contributed by atoms with E-state index in [2.05, 4.69) is 10.2 Å². The maximum Gasteiger partial charge on any atom is 0.446 e. The van der Waals surface area contributed by atoms with E-state index >= 15 is 0 Å². The van der Waals surface area contributed by atoms with Crippen LogP contribution in [-0.4, -0.2) is 37.7 Å². The molecule has 0 bridgehead atoms. The van der Waals surface area contributed by atoms with Gasteiger partial charge in [0.1, 0.15) is 5.75 Å². The quantitative estimate of drug-likeness (QED) is 0.725. The first-order valence-electron chi connectivity index (χ1n) is 8.90. The second kappa shape index (κ2) is 8.77. The van der Waals surface area contributed by atoms with Crippen molar-refractivity contribution in [3.8, 4) is 5.75 Å². The van der Waals surface area contributed by atoms with Crippen molar-refractivity contribution in [3.05, 3.63) is 54.1 Å². The summed E-state index contributed by atoms with van der Waals surface area (Å²) in [6.45, 7) is 1.52. The van der Waals surface area contributed by atoms with Crippen LogP contribution in [0, 0.1) is 0 Å². The predicted molar refractivity (Wildman–Crippen MR) is 104 cm³/mol. The number of hydrogen-bond acceptors (Lipinski definition) is 4. The largest absolute Gasteiger partial charge is 0.497 e. The zero-order valence-corrected chi connectivity index (χ0v) is 16.1. The van der Waals surface area contributed by atoms with Crippen LogP contribution in [-0.2, 0) is 0 Å². The number of rotatable bonds is 5. The van der Waals surface area contributed by atoms with Crippen molar-refractivity contribution in [2.24, 2.45) is 0 Å². The summed E-state index contributed by atoms with van der Waals surface area (Å²) >= 11 is -0.261. The van der Waals surface area contributed by atoms with Gasteiger partial charge in [0.15, 0.2) is 0 Å². The van der Waals surface area contributed by atoms with Gasteiger partial charge < -0.3 is 15.0 Å². The molecular weight excluding hydrogens is 389 g/mol. The van der Waals surface area contributed by atoms with Crippen LogP contribution in [0.1, 0.15) is 23.2 Å². The van der Waals surface area contributed by atoms with Crippen LogP contribution in [0.2, 0.25) is 0 Å². The summed E-state index contributed by atoms with van der Waals surface area (Å²) in [6.07, 6.45) is 1.46. The minimum absolute atomic E-state index is 0.0578. The van der Waals surface area contributed by atoms with Crippen LogP contribution < -0.4 is 15.0 Å². The molecular formula is C20H21F3N2O2S. The monoisotopic (exact) mass is 410 g/mol. The van der Waals surface area contributed by atoms with Gasteiger partial charge in [-0.25, -0.2) is 0 Å². The topological polar surface area (TPSA) is 41.6 Å². The maximum absolute atomic E-state index is 12.7. The fraction of sp³-hybridized carbons (Fsp3) is 0.350. The molecule has 1 aliphatic rings. The zero-order chi connectivity index (χ0) is 20.1. The van der Waals surface area contributed by atoms with Crippen molar-refractivity contribution >= 4 is 23.4 Å². The average Bonchev–Trinajstić information content (AvgIpc) is 2.68. The molecule has 1 fully saturated rings. The van der Waals surface area contributed by atoms with Crippen LogP contribution in [0.3, 0.4) is 0 Å². The van der Waals surface area contributed by atoms with Crippen LogP contribution in [0.4, 0.5) is 18.9 Å². The summed E-state index contributed by atoms with van der Waals surface area (Å²) < 4.78 is 43.3. The van der Waals surface area contributed by atoms with Crippen molar-refractivity contribution in [1.29, 1.82) is 0 Å². The lowest BCUT2D eigenvalue weighted by atomic mass is 10.0. The molecule has 0 aromatic heterocycles. The molecule has 0 spiro atoms. The molecule has 1 heterocycles. The molecule has 4 nitrogen and oxygen atoms in total. The first kappa shape index (κ1) is 20.4. The van der Waals surface area contributed by atoms with Crippen LogP contribution in [0.25, 0.3) is 0 Å². The molecule has 0 aliphatic carbocycles. The first-order chi connectivity index (χ1) is 13.4. The van der Waals surface area contributed by atoms with Gasteiger partial charge in [-0.05, 0) is 61.0 Å². The number of ether oxygens (including phenoxy) is 1. The molecule has 0 atom stereocenters. The summed E-state index contributed by atoms with van der Waals surface area (Å²) in [6, 6.07) is 13.5. The Kier molecular flexibility index (Phi) is 6.39. The molecule has 8 heteroatoms. The van der Waals surface area contributed by atoms with Crippen LogP contribution >= 0.6 is 11.8 Å². The van der Waals surface area contributed by atoms with Gasteiger partial charge in [-0.3, -0.25) is 4.79 Å². The second-order valence-corrected chi connectivity index (χ2v) is 7.58. The Morgan fingerprint density at radius 2 is 1.75 bits per heavy atom. The van der Waals surface area contributed by atoms with Gasteiger partial charge in [0.25, 0.3) is 5.91 Å². The lowest BCUT2D eigenvalue weighted by Crippen LogP contribution is -2.44. The summed E-state index contributed by atoms with van der Waals surface area (Å²) in [4.78, 5) is 14.7. The number of hydrogen-bond donors (Lipinski definition) is 1. The lowest BCUT2D eigenvalue weighted by Gasteiger charge is -2.34. The van der Waals surface area contributed by atoms with E-state index < -0.39 is 11.4 Å². The number of halogens is 3. The van der Waals surface area contributed by atoms with Gasteiger partial charge in [0, 0.05) is 29.7 Å². The van der Waals surface area contributed by atoms with Gasteiger partial charge in [0.05, 0.1) is 12.7 Å². The number of carbonyl (C=O) groups excluding carboxylic acids is 1. The fourth-order valence-corrected chi connectivity index (χ4v) is 3.87. The molecule has 0 radical (unpaired) electrons. The number of alkyl halides is 3. The highest BCUT2D eigenvalue weighted by Gasteiger charge is 2.31. The van der Waals surface area contributed by atoms with Crippen molar-refractivity contribution in [2.45, 2.75) is 29.3 Å². The lowest BCUT2D eigenvalue weighted by molar-refractivity contribution is -0.0328. The fourth-order valence-electron chi connectivity index (χ4n) is 3.21. The SMILES string of the molecule is COc1ccc(N2CCC(NC(=O)c3ccccc3SC(F)(F)F)CC2)cc1. The first-order valence-corrected chi connectivity index (χ1v) is 9.72. The molecule has 3 rings (SSSR count). The molecule has 0 saturated carbocycles. The van der Waals surface area contributed by atoms with E-state index in [1.165, 1.54) is 18.2 Å². The van der Waals surface area contributed by atoms with E-state index in [9.17, 15) is 18.0 Å². The minimum Gasteiger partial charge on any atom is -0.497 e. The average molecular weight is 410 g/mol. The van der Waals surface area contributed by atoms with Gasteiger partial charge in [-0.1, -0.05) is 12.1 Å². The molecule has 1 aliphatic heterocycles. The maximum atomic E-state index is 12.7. The standard InChI is InChI=1S/C20H21F3N2O2S/c1-27-16-8-6-15(7-9-16)25-12-10-14(11-13-25)24-19(26)17-4-2-3-5-18(17)28-20(21,22)23/h2-9,14H,10-13H2,1H3,(H,24,26). The van der Waals surface area contributed by atoms with Crippen molar-refractivity contribution < 1.29 is 22.7 Å². The molecule has 1 amide bonds. The highest BCUT2D eigenvalue weighted by atomic mass is 32.2. The van der Waals surface area contributed by atoms with E-state index in [1.807, 2.05) is 24.3 Å². The molecule has 2 aromatic rings. The number of benzene rings is 2. The predicted octanol–water partition coefficient (Wildman–Crippen LogP) is 4.71. The van der Waals surface area contributed by atoms with Crippen molar-refractivity contribution in [1.82, 2.24) is 5.32 Å². The Balaban J connectivity index is 1.58. The Hall–Kier alpha value is -2.35. The van der Waals surface area contributed by atoms with Crippen LogP contribution in [0.5, 0.6) is 5.75 Å². The molecule has 2 aromatic carbocycles. The molecule has 150 valence electrons. The van der Waals surface area contributed by atoms with Gasteiger partial charge in [-0.2, -0.15) is 13.2 Å². The van der Waals surface area contributed by atoms with Gasteiger partial charge in [0.2, 0.25) is 0 Å². The van der Waals surface area contributed by atoms with E-state index in [4.69, 9.17) is 4.74 Å². The molecule has 28 heavy (non-hydrogen) atoms. The number of anilines is 1. The summed E-state index contributed by atoms with van der Waals surface area (Å²) in [5.41, 5.74) is -3.29. The van der Waals surface area contributed by atoms with E-state index in [0.717, 1.165) is 37.4 Å². The Labute approximate surface area is 166 Å². The number of thioether (sulfide) groups is 1. The number of piperidine rings is 1. The van der Waals surface area contributed by atoms with Crippen molar-refractivity contribution in [3.63, 3.8) is 0 Å². The Morgan fingerprint density at radius 1 is 1.11 bits per heavy atom. The highest BCUT2D eigenvalue weighted by Crippen LogP contribution is 2.38. The number of nitrogens with one attached hydrogen (secondary N) is 1. The van der Waals surface area contributed by atoms with Gasteiger partial charge >= 0.3 is 5.51 Å². The number of carbonyl (C=O) groups is 1. The summed E-state index contributed by atoms with van der Waals surface area (Å²) in [7, 11) is 1.62. The Bertz CT molecular complexity index is 804. The normalized spacial score (nSPS) is 15.4. The Morgan fingerprint density at radius 3 is 2.36 bits per heavy atom. The third-order valence-electron chi connectivity index (χ3n) is 4.63. The third-order valence-corrected chi connectivity index (χ3v) is 5.43. The zero-order valence-electron chi connectivity index (χ0n) is 15.3. The second-order valence-electron chi connectivity index (χ2n) is 6.48. The number of nitrogens with zero attached hydrogens (tertiary/aromatic N) is 1. The van der Waals surface area contributed by atoms with E-state index in [-0.39, 0.29) is 28.3 Å². The molecule has 1 N–H and O–H groups in total. The van der Waals surface area contributed by atoms with E-state index in [1.54, 1.807) is 13.2 Å². The minimum atomic E-state index is -4.43. The third kappa shape index (κ3) is 5.34. The van der Waals surface area contributed by atoms with E-state index in [0.29, 0.717) is 0 Å². The smallest absolute Gasteiger partial charge is 0.446 e.